The van der Waals surface area contributed by atoms with Gasteiger partial charge in [-0.3, -0.25) is 5.43 Å². The fraction of sp³-hybridized carbons (Fsp3) is 0.167. The van der Waals surface area contributed by atoms with Gasteiger partial charge < -0.3 is 4.98 Å². The van der Waals surface area contributed by atoms with Crippen LogP contribution < -0.4 is 16.5 Å². The van der Waals surface area contributed by atoms with Crippen LogP contribution in [-0.4, -0.2) is 15.8 Å². The summed E-state index contributed by atoms with van der Waals surface area (Å²) in [5, 5.41) is 5.44. The molecule has 1 saturated carbocycles. The Labute approximate surface area is 174 Å². The van der Waals surface area contributed by atoms with E-state index >= 15 is 0 Å². The van der Waals surface area contributed by atoms with Crippen LogP contribution in [0.2, 0.25) is 0 Å². The third kappa shape index (κ3) is 3.11. The van der Waals surface area contributed by atoms with Crippen LogP contribution in [0.25, 0.3) is 22.2 Å². The number of aromatic nitrogens is 2. The number of nitrogens with zero attached hydrogens (tertiary/aromatic N) is 2. The molecule has 0 bridgehead atoms. The highest BCUT2D eigenvalue weighted by molar-refractivity contribution is 5.97. The smallest absolute Gasteiger partial charge is 0.189 e. The monoisotopic (exact) mass is 394 g/mol. The number of hydrazone groups is 1. The van der Waals surface area contributed by atoms with Crippen molar-refractivity contribution in [1.29, 1.82) is 0 Å². The second-order valence-corrected chi connectivity index (χ2v) is 7.94. The normalized spacial score (nSPS) is 15.7. The van der Waals surface area contributed by atoms with E-state index < -0.39 is 0 Å². The highest BCUT2D eigenvalue weighted by atomic mass is 15.8. The van der Waals surface area contributed by atoms with Gasteiger partial charge >= 0.3 is 0 Å². The maximum atomic E-state index is 4.84. The molecule has 3 heterocycles. The van der Waals surface area contributed by atoms with Gasteiger partial charge in [-0.05, 0) is 53.6 Å². The van der Waals surface area contributed by atoms with E-state index in [0.29, 0.717) is 5.84 Å². The van der Waals surface area contributed by atoms with Gasteiger partial charge in [0, 0.05) is 23.0 Å². The first-order valence-electron chi connectivity index (χ1n) is 10.3. The fourth-order valence-electron chi connectivity index (χ4n) is 4.19. The molecule has 0 radical (unpaired) electrons. The molecule has 1 aliphatic carbocycles. The lowest BCUT2D eigenvalue weighted by molar-refractivity contribution is 0.577. The zero-order chi connectivity index (χ0) is 19.9. The Morgan fingerprint density at radius 1 is 0.933 bits per heavy atom. The molecule has 6 rings (SSSR count). The standard InChI is InChI=1S/C24H22N6/c1-2-5-16(6-3-1)23-20(19-12-11-17(15-9-10-15)13-22(19)26-23)14-18-7-4-8-21(25-18)24-27-29-30-28-24/h1-8,11-13,15,26,29-30H,9-10,14H2,(H,27,28). The van der Waals surface area contributed by atoms with Crippen LogP contribution in [0.1, 0.15) is 41.3 Å². The topological polar surface area (TPSA) is 77.1 Å². The van der Waals surface area contributed by atoms with Crippen molar-refractivity contribution in [3.8, 4) is 11.3 Å². The van der Waals surface area contributed by atoms with E-state index in [1.807, 2.05) is 12.1 Å². The Hall–Kier alpha value is -3.64. The molecule has 0 amide bonds. The van der Waals surface area contributed by atoms with Gasteiger partial charge in [-0.1, -0.05) is 48.5 Å². The van der Waals surface area contributed by atoms with Crippen LogP contribution in [0, 0.1) is 0 Å². The van der Waals surface area contributed by atoms with E-state index in [0.717, 1.165) is 23.7 Å². The molecule has 2 aromatic carbocycles. The van der Waals surface area contributed by atoms with Gasteiger partial charge in [0.1, 0.15) is 5.69 Å². The second-order valence-electron chi connectivity index (χ2n) is 7.94. The molecular weight excluding hydrogens is 372 g/mol. The number of pyridine rings is 1. The summed E-state index contributed by atoms with van der Waals surface area (Å²) >= 11 is 0. The molecule has 2 aliphatic rings. The van der Waals surface area contributed by atoms with Gasteiger partial charge in [-0.25, -0.2) is 10.5 Å². The summed E-state index contributed by atoms with van der Waals surface area (Å²) in [6.45, 7) is 0. The van der Waals surface area contributed by atoms with E-state index in [1.54, 1.807) is 0 Å². The SMILES string of the molecule is c1ccc(-c2[nH]c3cc(C4CC4)ccc3c2Cc2cccc(C3=NNNN3)n2)cc1. The maximum Gasteiger partial charge on any atom is 0.189 e. The van der Waals surface area contributed by atoms with Crippen LogP contribution in [0.4, 0.5) is 0 Å². The summed E-state index contributed by atoms with van der Waals surface area (Å²) in [4.78, 5) is 8.55. The molecule has 30 heavy (non-hydrogen) atoms. The number of nitrogens with one attached hydrogen (secondary N) is 4. The summed E-state index contributed by atoms with van der Waals surface area (Å²) in [5.74, 6) is 1.43. The van der Waals surface area contributed by atoms with Crippen molar-refractivity contribution < 1.29 is 0 Å². The zero-order valence-corrected chi connectivity index (χ0v) is 16.4. The number of H-pyrrole nitrogens is 1. The molecular formula is C24H22N6. The predicted molar refractivity (Wildman–Crippen MR) is 119 cm³/mol. The predicted octanol–water partition coefficient (Wildman–Crippen LogP) is 3.97. The van der Waals surface area contributed by atoms with Crippen LogP contribution >= 0.6 is 0 Å². The number of fused-ring (bicyclic) bond motifs is 1. The molecule has 0 saturated heterocycles. The van der Waals surface area contributed by atoms with Crippen molar-refractivity contribution in [3.63, 3.8) is 0 Å². The first-order chi connectivity index (χ1) is 14.8. The highest BCUT2D eigenvalue weighted by Crippen LogP contribution is 2.42. The number of hydrazine groups is 2. The first-order valence-corrected chi connectivity index (χ1v) is 10.3. The first kappa shape index (κ1) is 17.2. The van der Waals surface area contributed by atoms with E-state index in [2.05, 4.69) is 81.2 Å². The van der Waals surface area contributed by atoms with E-state index in [-0.39, 0.29) is 0 Å². The third-order valence-electron chi connectivity index (χ3n) is 5.85. The van der Waals surface area contributed by atoms with Gasteiger partial charge in [0.15, 0.2) is 5.84 Å². The maximum absolute atomic E-state index is 4.84. The second kappa shape index (κ2) is 7.00. The molecule has 1 aliphatic heterocycles. The Morgan fingerprint density at radius 3 is 2.63 bits per heavy atom. The Morgan fingerprint density at radius 2 is 1.83 bits per heavy atom. The summed E-state index contributed by atoms with van der Waals surface area (Å²) in [6, 6.07) is 23.5. The number of aromatic amines is 1. The third-order valence-corrected chi connectivity index (χ3v) is 5.85. The van der Waals surface area contributed by atoms with Crippen LogP contribution in [0.5, 0.6) is 0 Å². The lowest BCUT2D eigenvalue weighted by atomic mass is 9.99. The molecule has 1 fully saturated rings. The van der Waals surface area contributed by atoms with Crippen molar-refractivity contribution >= 4 is 16.7 Å². The largest absolute Gasteiger partial charge is 0.354 e. The van der Waals surface area contributed by atoms with E-state index in [9.17, 15) is 0 Å². The van der Waals surface area contributed by atoms with Gasteiger partial charge in [-0.15, -0.1) is 10.6 Å². The van der Waals surface area contributed by atoms with E-state index in [4.69, 9.17) is 4.98 Å². The molecule has 6 heteroatoms. The van der Waals surface area contributed by atoms with Crippen molar-refractivity contribution in [3.05, 3.63) is 89.2 Å². The Bertz CT molecular complexity index is 1250. The Balaban J connectivity index is 1.45. The lowest BCUT2D eigenvalue weighted by Gasteiger charge is -2.07. The quantitative estimate of drug-likeness (QED) is 0.413. The minimum Gasteiger partial charge on any atom is -0.354 e. The van der Waals surface area contributed by atoms with Crippen LogP contribution in [0.3, 0.4) is 0 Å². The number of amidine groups is 1. The van der Waals surface area contributed by atoms with E-state index in [1.165, 1.54) is 46.1 Å². The van der Waals surface area contributed by atoms with Gasteiger partial charge in [0.2, 0.25) is 0 Å². The summed E-state index contributed by atoms with van der Waals surface area (Å²) < 4.78 is 0. The summed E-state index contributed by atoms with van der Waals surface area (Å²) in [5.41, 5.74) is 16.5. The van der Waals surface area contributed by atoms with Crippen molar-refractivity contribution in [2.45, 2.75) is 25.2 Å². The number of hydrogen-bond donors (Lipinski definition) is 4. The molecule has 6 nitrogen and oxygen atoms in total. The minimum absolute atomic E-state index is 0.688. The van der Waals surface area contributed by atoms with Gasteiger partial charge in [0.25, 0.3) is 0 Å². The van der Waals surface area contributed by atoms with Gasteiger partial charge in [-0.2, -0.15) is 0 Å². The molecule has 0 atom stereocenters. The molecule has 148 valence electrons. The van der Waals surface area contributed by atoms with Gasteiger partial charge in [0.05, 0.1) is 5.69 Å². The molecule has 4 N–H and O–H groups in total. The fourth-order valence-corrected chi connectivity index (χ4v) is 4.19. The summed E-state index contributed by atoms with van der Waals surface area (Å²) in [7, 11) is 0. The molecule has 0 unspecified atom stereocenters. The minimum atomic E-state index is 0.688. The van der Waals surface area contributed by atoms with Crippen molar-refractivity contribution in [2.75, 3.05) is 0 Å². The average Bonchev–Trinajstić information content (AvgIpc) is 3.38. The van der Waals surface area contributed by atoms with Crippen molar-refractivity contribution in [2.24, 2.45) is 5.10 Å². The Kier molecular flexibility index (Phi) is 4.02. The molecule has 4 aromatic rings. The number of benzene rings is 2. The number of rotatable bonds is 5. The highest BCUT2D eigenvalue weighted by Gasteiger charge is 2.24. The average molecular weight is 394 g/mol. The van der Waals surface area contributed by atoms with Crippen molar-refractivity contribution in [1.82, 2.24) is 26.5 Å². The summed E-state index contributed by atoms with van der Waals surface area (Å²) in [6.07, 6.45) is 3.36. The zero-order valence-electron chi connectivity index (χ0n) is 16.4. The lowest BCUT2D eigenvalue weighted by Crippen LogP contribution is -2.35. The molecule has 0 spiro atoms. The molecule has 2 aromatic heterocycles. The number of hydrogen-bond acceptors (Lipinski definition) is 5. The van der Waals surface area contributed by atoms with Crippen LogP contribution in [-0.2, 0) is 6.42 Å². The van der Waals surface area contributed by atoms with Crippen LogP contribution in [0.15, 0.2) is 71.8 Å².